The number of nitrogens with zero attached hydrogens (tertiary/aromatic N) is 2. The summed E-state index contributed by atoms with van der Waals surface area (Å²) >= 11 is 1.60. The molecule has 1 aromatic heterocycles. The Hall–Kier alpha value is -2.34. The highest BCUT2D eigenvalue weighted by Gasteiger charge is 2.13. The van der Waals surface area contributed by atoms with Gasteiger partial charge in [-0.25, -0.2) is 4.39 Å². The van der Waals surface area contributed by atoms with Crippen LogP contribution >= 0.6 is 11.8 Å². The molecule has 106 valence electrons. The predicted octanol–water partition coefficient (Wildman–Crippen LogP) is 3.75. The first-order chi connectivity index (χ1) is 10.2. The van der Waals surface area contributed by atoms with Crippen molar-refractivity contribution in [1.29, 1.82) is 0 Å². The van der Waals surface area contributed by atoms with Crippen LogP contribution in [0.15, 0.2) is 57.9 Å². The topological polar surface area (TPSA) is 64.9 Å². The maximum absolute atomic E-state index is 13.3. The molecule has 0 aliphatic rings. The molecule has 2 N–H and O–H groups in total. The van der Waals surface area contributed by atoms with E-state index in [0.717, 1.165) is 4.90 Å². The van der Waals surface area contributed by atoms with E-state index in [9.17, 15) is 4.39 Å². The van der Waals surface area contributed by atoms with E-state index in [-0.39, 0.29) is 5.89 Å². The second-order valence-corrected chi connectivity index (χ2v) is 5.40. The summed E-state index contributed by atoms with van der Waals surface area (Å²) < 4.78 is 18.4. The minimum absolute atomic E-state index is 0.232. The Morgan fingerprint density at radius 2 is 1.95 bits per heavy atom. The van der Waals surface area contributed by atoms with Gasteiger partial charge in [-0.15, -0.1) is 11.8 Å². The van der Waals surface area contributed by atoms with Crippen LogP contribution in [0.25, 0.3) is 11.5 Å². The SMILES string of the molecule is Nc1ccc(F)cc1-c1nc(CSc2ccccc2)no1. The fourth-order valence-electron chi connectivity index (χ4n) is 1.80. The van der Waals surface area contributed by atoms with Crippen LogP contribution in [0.5, 0.6) is 0 Å². The molecule has 0 aliphatic carbocycles. The summed E-state index contributed by atoms with van der Waals surface area (Å²) in [5.74, 6) is 0.957. The van der Waals surface area contributed by atoms with Crippen molar-refractivity contribution >= 4 is 17.4 Å². The predicted molar refractivity (Wildman–Crippen MR) is 80.1 cm³/mol. The van der Waals surface area contributed by atoms with E-state index in [1.807, 2.05) is 30.3 Å². The third kappa shape index (κ3) is 3.22. The summed E-state index contributed by atoms with van der Waals surface area (Å²) in [4.78, 5) is 5.37. The number of nitrogen functional groups attached to an aromatic ring is 1. The molecule has 1 heterocycles. The van der Waals surface area contributed by atoms with Gasteiger partial charge in [-0.05, 0) is 30.3 Å². The largest absolute Gasteiger partial charge is 0.398 e. The van der Waals surface area contributed by atoms with Crippen LogP contribution in [-0.2, 0) is 5.75 Å². The van der Waals surface area contributed by atoms with Gasteiger partial charge < -0.3 is 10.3 Å². The van der Waals surface area contributed by atoms with Crippen molar-refractivity contribution in [3.8, 4) is 11.5 Å². The van der Waals surface area contributed by atoms with Crippen molar-refractivity contribution < 1.29 is 8.91 Å². The smallest absolute Gasteiger partial charge is 0.260 e. The molecular formula is C15H12FN3OS. The van der Waals surface area contributed by atoms with Gasteiger partial charge in [-0.2, -0.15) is 4.98 Å². The lowest BCUT2D eigenvalue weighted by Crippen LogP contribution is -1.91. The highest BCUT2D eigenvalue weighted by Crippen LogP contribution is 2.27. The fourth-order valence-corrected chi connectivity index (χ4v) is 2.56. The van der Waals surface area contributed by atoms with E-state index in [1.54, 1.807) is 11.8 Å². The lowest BCUT2D eigenvalue weighted by Gasteiger charge is -1.99. The van der Waals surface area contributed by atoms with Crippen LogP contribution in [0, 0.1) is 5.82 Å². The summed E-state index contributed by atoms with van der Waals surface area (Å²) in [6, 6.07) is 14.0. The second-order valence-electron chi connectivity index (χ2n) is 4.35. The van der Waals surface area contributed by atoms with Crippen LogP contribution in [0.4, 0.5) is 10.1 Å². The van der Waals surface area contributed by atoms with Gasteiger partial charge in [0.05, 0.1) is 11.3 Å². The number of anilines is 1. The fraction of sp³-hybridized carbons (Fsp3) is 0.0667. The van der Waals surface area contributed by atoms with Crippen molar-refractivity contribution in [2.24, 2.45) is 0 Å². The van der Waals surface area contributed by atoms with Crippen LogP contribution in [-0.4, -0.2) is 10.1 Å². The van der Waals surface area contributed by atoms with Gasteiger partial charge in [-0.1, -0.05) is 23.4 Å². The Morgan fingerprint density at radius 3 is 2.76 bits per heavy atom. The first kappa shape index (κ1) is 13.6. The van der Waals surface area contributed by atoms with Gasteiger partial charge >= 0.3 is 0 Å². The third-order valence-electron chi connectivity index (χ3n) is 2.82. The number of benzene rings is 2. The monoisotopic (exact) mass is 301 g/mol. The van der Waals surface area contributed by atoms with Gasteiger partial charge in [0.25, 0.3) is 5.89 Å². The summed E-state index contributed by atoms with van der Waals surface area (Å²) in [5.41, 5.74) is 6.62. The lowest BCUT2D eigenvalue weighted by atomic mass is 10.2. The first-order valence-electron chi connectivity index (χ1n) is 6.28. The zero-order valence-electron chi connectivity index (χ0n) is 11.0. The Kier molecular flexibility index (Phi) is 3.87. The highest BCUT2D eigenvalue weighted by atomic mass is 32.2. The molecule has 0 atom stereocenters. The van der Waals surface area contributed by atoms with E-state index >= 15 is 0 Å². The van der Waals surface area contributed by atoms with E-state index < -0.39 is 5.82 Å². The van der Waals surface area contributed by atoms with Crippen molar-refractivity contribution in [3.05, 3.63) is 60.2 Å². The van der Waals surface area contributed by atoms with Gasteiger partial charge in [0.15, 0.2) is 5.82 Å². The number of thioether (sulfide) groups is 1. The molecule has 0 saturated heterocycles. The minimum atomic E-state index is -0.391. The summed E-state index contributed by atoms with van der Waals surface area (Å²) in [5, 5.41) is 3.89. The van der Waals surface area contributed by atoms with Crippen LogP contribution in [0.2, 0.25) is 0 Å². The average molecular weight is 301 g/mol. The number of halogens is 1. The van der Waals surface area contributed by atoms with E-state index in [4.69, 9.17) is 10.3 Å². The number of aromatic nitrogens is 2. The Morgan fingerprint density at radius 1 is 1.14 bits per heavy atom. The molecule has 3 aromatic rings. The molecule has 0 fully saturated rings. The first-order valence-corrected chi connectivity index (χ1v) is 7.27. The third-order valence-corrected chi connectivity index (χ3v) is 3.83. The van der Waals surface area contributed by atoms with Crippen LogP contribution in [0.1, 0.15) is 5.82 Å². The van der Waals surface area contributed by atoms with Crippen molar-refractivity contribution in [2.45, 2.75) is 10.6 Å². The highest BCUT2D eigenvalue weighted by molar-refractivity contribution is 7.98. The van der Waals surface area contributed by atoms with Gasteiger partial charge in [0.1, 0.15) is 5.82 Å². The molecule has 0 bridgehead atoms. The van der Waals surface area contributed by atoms with E-state index in [1.165, 1.54) is 18.2 Å². The number of hydrogen-bond donors (Lipinski definition) is 1. The zero-order chi connectivity index (χ0) is 14.7. The lowest BCUT2D eigenvalue weighted by molar-refractivity contribution is 0.425. The Bertz CT molecular complexity index is 746. The van der Waals surface area contributed by atoms with E-state index in [2.05, 4.69) is 10.1 Å². The van der Waals surface area contributed by atoms with Gasteiger partial charge in [0.2, 0.25) is 0 Å². The van der Waals surface area contributed by atoms with E-state index in [0.29, 0.717) is 22.8 Å². The minimum Gasteiger partial charge on any atom is -0.398 e. The van der Waals surface area contributed by atoms with Crippen LogP contribution < -0.4 is 5.73 Å². The van der Waals surface area contributed by atoms with Gasteiger partial charge in [0, 0.05) is 10.6 Å². The molecule has 0 spiro atoms. The molecule has 0 radical (unpaired) electrons. The molecule has 0 saturated carbocycles. The van der Waals surface area contributed by atoms with Gasteiger partial charge in [-0.3, -0.25) is 0 Å². The molecule has 6 heteroatoms. The maximum Gasteiger partial charge on any atom is 0.260 e. The van der Waals surface area contributed by atoms with Crippen LogP contribution in [0.3, 0.4) is 0 Å². The maximum atomic E-state index is 13.3. The molecule has 0 unspecified atom stereocenters. The normalized spacial score (nSPS) is 10.7. The molecule has 0 amide bonds. The second kappa shape index (κ2) is 5.97. The molecule has 2 aromatic carbocycles. The molecule has 0 aliphatic heterocycles. The van der Waals surface area contributed by atoms with Crippen molar-refractivity contribution in [2.75, 3.05) is 5.73 Å². The molecular weight excluding hydrogens is 289 g/mol. The molecule has 3 rings (SSSR count). The number of hydrogen-bond acceptors (Lipinski definition) is 5. The van der Waals surface area contributed by atoms with Crippen molar-refractivity contribution in [1.82, 2.24) is 10.1 Å². The molecule has 4 nitrogen and oxygen atoms in total. The Labute approximate surface area is 125 Å². The zero-order valence-corrected chi connectivity index (χ0v) is 11.8. The average Bonchev–Trinajstić information content (AvgIpc) is 2.97. The van der Waals surface area contributed by atoms with Crippen molar-refractivity contribution in [3.63, 3.8) is 0 Å². The number of nitrogens with two attached hydrogens (primary N) is 1. The summed E-state index contributed by atoms with van der Waals surface area (Å²) in [6.07, 6.45) is 0. The molecule has 21 heavy (non-hydrogen) atoms. The quantitative estimate of drug-likeness (QED) is 0.587. The standard InChI is InChI=1S/C15H12FN3OS/c16-10-6-7-13(17)12(8-10)15-18-14(19-20-15)9-21-11-4-2-1-3-5-11/h1-8H,9,17H2. The number of rotatable bonds is 4. The summed E-state index contributed by atoms with van der Waals surface area (Å²) in [7, 11) is 0. The Balaban J connectivity index is 1.76. The summed E-state index contributed by atoms with van der Waals surface area (Å²) in [6.45, 7) is 0.